The summed E-state index contributed by atoms with van der Waals surface area (Å²) in [6, 6.07) is 12.2. The van der Waals surface area contributed by atoms with Crippen LogP contribution in [-0.2, 0) is 12.7 Å². The number of nitrogens with one attached hydrogen (secondary N) is 2. The summed E-state index contributed by atoms with van der Waals surface area (Å²) in [5.41, 5.74) is -0.885. The summed E-state index contributed by atoms with van der Waals surface area (Å²) in [5, 5.41) is 4.61. The molecule has 3 aromatic rings. The molecule has 0 unspecified atom stereocenters. The van der Waals surface area contributed by atoms with E-state index in [0.717, 1.165) is 17.7 Å². The van der Waals surface area contributed by atoms with E-state index in [0.29, 0.717) is 5.75 Å². The Kier molecular flexibility index (Phi) is 6.72. The highest BCUT2D eigenvalue weighted by atomic mass is 19.4. The first-order valence-corrected chi connectivity index (χ1v) is 9.38. The molecule has 3 rings (SSSR count). The molecule has 0 spiro atoms. The molecule has 0 fully saturated rings. The van der Waals surface area contributed by atoms with Crippen molar-refractivity contribution in [2.75, 3.05) is 24.8 Å². The van der Waals surface area contributed by atoms with Crippen molar-refractivity contribution in [1.29, 1.82) is 0 Å². The van der Waals surface area contributed by atoms with Crippen LogP contribution in [0.25, 0.3) is 0 Å². The Morgan fingerprint density at radius 3 is 2.50 bits per heavy atom. The van der Waals surface area contributed by atoms with Gasteiger partial charge in [0.2, 0.25) is 0 Å². The predicted octanol–water partition coefficient (Wildman–Crippen LogP) is 5.22. The van der Waals surface area contributed by atoms with E-state index >= 15 is 0 Å². The summed E-state index contributed by atoms with van der Waals surface area (Å²) >= 11 is 0. The molecule has 0 aliphatic rings. The van der Waals surface area contributed by atoms with Gasteiger partial charge in [-0.1, -0.05) is 12.1 Å². The van der Waals surface area contributed by atoms with Crippen molar-refractivity contribution in [1.82, 2.24) is 4.90 Å². The fraction of sp³-hybridized carbons (Fsp3) is 0.182. The zero-order valence-electron chi connectivity index (χ0n) is 17.2. The van der Waals surface area contributed by atoms with Gasteiger partial charge in [0.05, 0.1) is 24.6 Å². The number of hydrogen-bond donors (Lipinski definition) is 2. The van der Waals surface area contributed by atoms with Crippen molar-refractivity contribution in [3.05, 3.63) is 77.7 Å². The second kappa shape index (κ2) is 9.46. The number of methoxy groups -OCH3 is 1. The van der Waals surface area contributed by atoms with Crippen LogP contribution < -0.4 is 15.4 Å². The monoisotopic (exact) mass is 447 g/mol. The van der Waals surface area contributed by atoms with Crippen LogP contribution >= 0.6 is 0 Å². The highest BCUT2D eigenvalue weighted by Gasteiger charge is 2.34. The molecule has 0 saturated heterocycles. The van der Waals surface area contributed by atoms with Gasteiger partial charge in [-0.3, -0.25) is 4.79 Å². The van der Waals surface area contributed by atoms with Gasteiger partial charge in [0.1, 0.15) is 5.75 Å². The Hall–Kier alpha value is -3.95. The Morgan fingerprint density at radius 1 is 1.06 bits per heavy atom. The van der Waals surface area contributed by atoms with E-state index in [1.165, 1.54) is 43.5 Å². The molecule has 168 valence electrons. The van der Waals surface area contributed by atoms with Crippen molar-refractivity contribution in [3.8, 4) is 5.75 Å². The topological polar surface area (TPSA) is 83.8 Å². The number of carbonyl (C=O) groups is 2. The van der Waals surface area contributed by atoms with Crippen LogP contribution in [0.4, 0.5) is 29.3 Å². The van der Waals surface area contributed by atoms with E-state index in [1.54, 1.807) is 24.3 Å². The molecular formula is C22H20F3N3O4. The number of benzene rings is 2. The Balaban J connectivity index is 1.75. The molecule has 3 amide bonds. The maximum Gasteiger partial charge on any atom is 0.418 e. The fourth-order valence-electron chi connectivity index (χ4n) is 2.89. The van der Waals surface area contributed by atoms with Gasteiger partial charge in [0.15, 0.2) is 5.76 Å². The minimum Gasteiger partial charge on any atom is -0.497 e. The van der Waals surface area contributed by atoms with Gasteiger partial charge in [0.25, 0.3) is 5.91 Å². The third kappa shape index (κ3) is 5.60. The molecule has 0 bridgehead atoms. The number of urea groups is 1. The molecule has 0 atom stereocenters. The predicted molar refractivity (Wildman–Crippen MR) is 112 cm³/mol. The lowest BCUT2D eigenvalue weighted by molar-refractivity contribution is -0.136. The van der Waals surface area contributed by atoms with Crippen LogP contribution in [0.15, 0.2) is 65.3 Å². The quantitative estimate of drug-likeness (QED) is 0.543. The molecule has 7 nitrogen and oxygen atoms in total. The molecule has 10 heteroatoms. The van der Waals surface area contributed by atoms with E-state index in [1.807, 2.05) is 0 Å². The Labute approximate surface area is 181 Å². The molecule has 1 aromatic heterocycles. The van der Waals surface area contributed by atoms with E-state index in [-0.39, 0.29) is 18.0 Å². The molecule has 1 heterocycles. The van der Waals surface area contributed by atoms with Crippen molar-refractivity contribution in [2.24, 2.45) is 0 Å². The summed E-state index contributed by atoms with van der Waals surface area (Å²) in [7, 11) is 2.97. The lowest BCUT2D eigenvalue weighted by Gasteiger charge is -2.21. The number of ether oxygens (including phenoxy) is 1. The molecule has 0 aliphatic heterocycles. The SMILES string of the molecule is COc1cccc(CN(C)C(=O)Nc2ccc(NC(=O)c3ccco3)cc2C(F)(F)F)c1. The van der Waals surface area contributed by atoms with Crippen molar-refractivity contribution >= 4 is 23.3 Å². The number of alkyl halides is 3. The van der Waals surface area contributed by atoms with Crippen molar-refractivity contribution < 1.29 is 31.9 Å². The lowest BCUT2D eigenvalue weighted by Crippen LogP contribution is -2.31. The van der Waals surface area contributed by atoms with Crippen LogP contribution in [-0.4, -0.2) is 31.0 Å². The van der Waals surface area contributed by atoms with Crippen LogP contribution in [0.3, 0.4) is 0 Å². The number of anilines is 2. The number of nitrogens with zero attached hydrogens (tertiary/aromatic N) is 1. The Morgan fingerprint density at radius 2 is 1.84 bits per heavy atom. The van der Waals surface area contributed by atoms with Gasteiger partial charge in [-0.2, -0.15) is 13.2 Å². The lowest BCUT2D eigenvalue weighted by atomic mass is 10.1. The normalized spacial score (nSPS) is 11.0. The average molecular weight is 447 g/mol. The molecule has 0 saturated carbocycles. The fourth-order valence-corrected chi connectivity index (χ4v) is 2.89. The second-order valence-corrected chi connectivity index (χ2v) is 6.83. The van der Waals surface area contributed by atoms with Crippen LogP contribution in [0.1, 0.15) is 21.7 Å². The highest BCUT2D eigenvalue weighted by Crippen LogP contribution is 2.37. The van der Waals surface area contributed by atoms with Crippen LogP contribution in [0, 0.1) is 0 Å². The zero-order chi connectivity index (χ0) is 23.3. The summed E-state index contributed by atoms with van der Waals surface area (Å²) in [6.07, 6.45) is -3.49. The standard InChI is InChI=1S/C22H20F3N3O4/c1-28(13-14-5-3-6-16(11-14)31-2)21(30)27-18-9-8-15(12-17(18)22(23,24)25)26-20(29)19-7-4-10-32-19/h3-12H,13H2,1-2H3,(H,26,29)(H,27,30). The summed E-state index contributed by atoms with van der Waals surface area (Å²) in [5.74, 6) is -0.143. The number of hydrogen-bond acceptors (Lipinski definition) is 4. The third-order valence-corrected chi connectivity index (χ3v) is 4.47. The average Bonchev–Trinajstić information content (AvgIpc) is 3.29. The number of amides is 3. The van der Waals surface area contributed by atoms with Crippen molar-refractivity contribution in [3.63, 3.8) is 0 Å². The summed E-state index contributed by atoms with van der Waals surface area (Å²) in [4.78, 5) is 25.8. The van der Waals surface area contributed by atoms with Crippen molar-refractivity contribution in [2.45, 2.75) is 12.7 Å². The highest BCUT2D eigenvalue weighted by molar-refractivity contribution is 6.02. The van der Waals surface area contributed by atoms with E-state index < -0.39 is 29.4 Å². The Bertz CT molecular complexity index is 1100. The molecule has 32 heavy (non-hydrogen) atoms. The molecule has 2 aromatic carbocycles. The molecule has 0 aliphatic carbocycles. The zero-order valence-corrected chi connectivity index (χ0v) is 17.2. The first kappa shape index (κ1) is 22.7. The third-order valence-electron chi connectivity index (χ3n) is 4.47. The number of furan rings is 1. The van der Waals surface area contributed by atoms with Gasteiger partial charge in [-0.25, -0.2) is 4.79 Å². The maximum absolute atomic E-state index is 13.6. The molecule has 0 radical (unpaired) electrons. The second-order valence-electron chi connectivity index (χ2n) is 6.83. The first-order chi connectivity index (χ1) is 15.2. The first-order valence-electron chi connectivity index (χ1n) is 9.38. The van der Waals surface area contributed by atoms with E-state index in [4.69, 9.17) is 9.15 Å². The summed E-state index contributed by atoms with van der Waals surface area (Å²) < 4.78 is 50.9. The molecular weight excluding hydrogens is 427 g/mol. The largest absolute Gasteiger partial charge is 0.497 e. The minimum atomic E-state index is -4.76. The maximum atomic E-state index is 13.6. The van der Waals surface area contributed by atoms with E-state index in [9.17, 15) is 22.8 Å². The van der Waals surface area contributed by atoms with Gasteiger partial charge in [0, 0.05) is 19.3 Å². The van der Waals surface area contributed by atoms with Crippen LogP contribution in [0.5, 0.6) is 5.75 Å². The van der Waals surface area contributed by atoms with Gasteiger partial charge < -0.3 is 24.7 Å². The molecule has 2 N–H and O–H groups in total. The van der Waals surface area contributed by atoms with E-state index in [2.05, 4.69) is 10.6 Å². The minimum absolute atomic E-state index is 0.0462. The van der Waals surface area contributed by atoms with Gasteiger partial charge in [-0.15, -0.1) is 0 Å². The summed E-state index contributed by atoms with van der Waals surface area (Å²) in [6.45, 7) is 0.154. The number of carbonyl (C=O) groups excluding carboxylic acids is 2. The number of rotatable bonds is 6. The smallest absolute Gasteiger partial charge is 0.418 e. The number of halogens is 3. The van der Waals surface area contributed by atoms with Crippen LogP contribution in [0.2, 0.25) is 0 Å². The van der Waals surface area contributed by atoms with Gasteiger partial charge >= 0.3 is 12.2 Å². The van der Waals surface area contributed by atoms with Gasteiger partial charge in [-0.05, 0) is 48.0 Å².